The van der Waals surface area contributed by atoms with Gasteiger partial charge in [-0.15, -0.1) is 0 Å². The van der Waals surface area contributed by atoms with E-state index in [1.807, 2.05) is 12.1 Å². The van der Waals surface area contributed by atoms with Crippen molar-refractivity contribution in [1.82, 2.24) is 4.90 Å². The van der Waals surface area contributed by atoms with Crippen LogP contribution in [0, 0.1) is 11.3 Å². The van der Waals surface area contributed by atoms with Crippen molar-refractivity contribution in [2.24, 2.45) is 0 Å². The third-order valence-corrected chi connectivity index (χ3v) is 6.83. The predicted molar refractivity (Wildman–Crippen MR) is 152 cm³/mol. The van der Waals surface area contributed by atoms with Crippen LogP contribution in [0.1, 0.15) is 30.5 Å². The summed E-state index contributed by atoms with van der Waals surface area (Å²) in [5, 5.41) is 15.4. The van der Waals surface area contributed by atoms with Gasteiger partial charge in [0.05, 0.1) is 36.0 Å². The first kappa shape index (κ1) is 28.9. The maximum absolute atomic E-state index is 13.6. The molecule has 0 bridgehead atoms. The number of urea groups is 1. The summed E-state index contributed by atoms with van der Waals surface area (Å²) in [4.78, 5) is 40.0. The molecule has 3 aromatic carbocycles. The molecule has 0 unspecified atom stereocenters. The molecule has 1 aliphatic heterocycles. The van der Waals surface area contributed by atoms with Crippen molar-refractivity contribution in [2.45, 2.75) is 32.1 Å². The fourth-order valence-electron chi connectivity index (χ4n) is 4.28. The number of nitrogens with one attached hydrogen (secondary N) is 2. The molecule has 0 saturated carbocycles. The normalized spacial score (nSPS) is 14.7. The number of carbonyl (C=O) groups is 3. The molecule has 0 aliphatic carbocycles. The van der Waals surface area contributed by atoms with Crippen LogP contribution >= 0.6 is 22.6 Å². The maximum atomic E-state index is 13.6. The number of halogens is 4. The van der Waals surface area contributed by atoms with Gasteiger partial charge in [0.2, 0.25) is 3.79 Å². The molecule has 0 aromatic heterocycles. The number of alkyl halides is 3. The Morgan fingerprint density at radius 1 is 1.02 bits per heavy atom. The molecule has 12 heteroatoms. The molecule has 1 fully saturated rings. The summed E-state index contributed by atoms with van der Waals surface area (Å²) in [7, 11) is 0. The highest BCUT2D eigenvalue weighted by Gasteiger charge is 2.52. The molecule has 2 N–H and O–H groups in total. The van der Waals surface area contributed by atoms with E-state index in [-0.39, 0.29) is 22.6 Å². The molecule has 0 radical (unpaired) electrons. The Kier molecular flexibility index (Phi) is 8.06. The van der Waals surface area contributed by atoms with Crippen molar-refractivity contribution in [1.29, 1.82) is 5.26 Å². The Morgan fingerprint density at radius 2 is 1.68 bits per heavy atom. The van der Waals surface area contributed by atoms with E-state index in [1.54, 1.807) is 59.0 Å². The van der Waals surface area contributed by atoms with Crippen LogP contribution in [0.4, 0.5) is 40.7 Å². The molecule has 1 saturated heterocycles. The second-order valence-corrected chi connectivity index (χ2v) is 10.7. The number of benzene rings is 3. The van der Waals surface area contributed by atoms with Gasteiger partial charge in [-0.2, -0.15) is 18.4 Å². The molecule has 4 rings (SSSR count). The summed E-state index contributed by atoms with van der Waals surface area (Å²) >= 11 is 1.71. The molecule has 3 amide bonds. The van der Waals surface area contributed by atoms with E-state index in [9.17, 15) is 27.6 Å². The van der Waals surface area contributed by atoms with Crippen molar-refractivity contribution in [3.8, 4) is 6.07 Å². The third-order valence-electron chi connectivity index (χ3n) is 6.45. The SMILES string of the molecule is CC1(C)C(=O)N(c2ccc(C#N)c(C(F)(F)F)c2)C(=O)N1Cc1ccccc1Nc1ccc(NCC(=O)I)cc1. The number of carbonyl (C=O) groups excluding carboxylic acids is 3. The van der Waals surface area contributed by atoms with Crippen molar-refractivity contribution < 1.29 is 27.6 Å². The van der Waals surface area contributed by atoms with Crippen molar-refractivity contribution >= 4 is 61.1 Å². The molecule has 1 heterocycles. The maximum Gasteiger partial charge on any atom is 0.417 e. The number of hydrogen-bond acceptors (Lipinski definition) is 6. The molecular weight excluding hydrogens is 638 g/mol. The minimum absolute atomic E-state index is 0.00291. The lowest BCUT2D eigenvalue weighted by atomic mass is 10.0. The number of imide groups is 1. The number of hydrogen-bond donors (Lipinski definition) is 2. The van der Waals surface area contributed by atoms with Gasteiger partial charge in [-0.3, -0.25) is 9.59 Å². The summed E-state index contributed by atoms with van der Waals surface area (Å²) in [6, 6.07) is 17.9. The minimum atomic E-state index is -4.84. The summed E-state index contributed by atoms with van der Waals surface area (Å²) in [6.07, 6.45) is -4.84. The van der Waals surface area contributed by atoms with Crippen LogP contribution < -0.4 is 15.5 Å². The van der Waals surface area contributed by atoms with E-state index in [2.05, 4.69) is 10.6 Å². The lowest BCUT2D eigenvalue weighted by Crippen LogP contribution is -2.43. The van der Waals surface area contributed by atoms with E-state index >= 15 is 0 Å². The standard InChI is InChI=1S/C28H23F3IN5O3/c1-27(2)25(39)37(21-12-7-17(14-33)22(13-21)28(29,30)31)26(40)36(27)16-18-5-3-4-6-23(18)35-20-10-8-19(9-11-20)34-15-24(32)38/h3-13,34-35H,15-16H2,1-2H3. The zero-order chi connectivity index (χ0) is 29.2. The smallest absolute Gasteiger partial charge is 0.377 e. The fourth-order valence-corrected chi connectivity index (χ4v) is 4.47. The third kappa shape index (κ3) is 5.89. The largest absolute Gasteiger partial charge is 0.417 e. The molecule has 8 nitrogen and oxygen atoms in total. The van der Waals surface area contributed by atoms with Gasteiger partial charge in [0.15, 0.2) is 0 Å². The van der Waals surface area contributed by atoms with Gasteiger partial charge >= 0.3 is 12.2 Å². The highest BCUT2D eigenvalue weighted by Crippen LogP contribution is 2.38. The van der Waals surface area contributed by atoms with E-state index in [4.69, 9.17) is 5.26 Å². The summed E-state index contributed by atoms with van der Waals surface area (Å²) in [5.41, 5.74) is -0.606. The molecular formula is C28H23F3IN5O3. The summed E-state index contributed by atoms with van der Waals surface area (Å²) < 4.78 is 40.6. The molecule has 40 heavy (non-hydrogen) atoms. The van der Waals surface area contributed by atoms with Gasteiger partial charge in [0, 0.05) is 39.7 Å². The topological polar surface area (TPSA) is 106 Å². The summed E-state index contributed by atoms with van der Waals surface area (Å²) in [5.74, 6) is -0.686. The number of para-hydroxylation sites is 1. The number of anilines is 4. The predicted octanol–water partition coefficient (Wildman–Crippen LogP) is 6.44. The van der Waals surface area contributed by atoms with Crippen molar-refractivity contribution in [2.75, 3.05) is 22.1 Å². The van der Waals surface area contributed by atoms with Gasteiger partial charge in [-0.25, -0.2) is 9.69 Å². The average molecular weight is 661 g/mol. The Bertz CT molecular complexity index is 1520. The number of nitriles is 1. The lowest BCUT2D eigenvalue weighted by molar-refractivity contribution is -0.137. The highest BCUT2D eigenvalue weighted by molar-refractivity contribution is 14.1. The second kappa shape index (κ2) is 11.2. The highest BCUT2D eigenvalue weighted by atomic mass is 127. The quantitative estimate of drug-likeness (QED) is 0.164. The van der Waals surface area contributed by atoms with Crippen LogP contribution in [0.25, 0.3) is 0 Å². The van der Waals surface area contributed by atoms with E-state index in [0.717, 1.165) is 28.4 Å². The number of nitrogens with zero attached hydrogens (tertiary/aromatic N) is 3. The summed E-state index contributed by atoms with van der Waals surface area (Å²) in [6.45, 7) is 3.26. The van der Waals surface area contributed by atoms with Crippen LogP contribution in [0.15, 0.2) is 66.7 Å². The Labute approximate surface area is 241 Å². The Hall–Kier alpha value is -4.12. The molecule has 3 aromatic rings. The average Bonchev–Trinajstić information content (AvgIpc) is 3.07. The fraction of sp³-hybridized carbons (Fsp3) is 0.214. The minimum Gasteiger partial charge on any atom is -0.377 e. The zero-order valence-corrected chi connectivity index (χ0v) is 23.5. The second-order valence-electron chi connectivity index (χ2n) is 9.48. The van der Waals surface area contributed by atoms with Gasteiger partial charge in [0.25, 0.3) is 5.91 Å². The lowest BCUT2D eigenvalue weighted by Gasteiger charge is -2.28. The van der Waals surface area contributed by atoms with Crippen LogP contribution in [-0.4, -0.2) is 32.7 Å². The monoisotopic (exact) mass is 661 g/mol. The van der Waals surface area contributed by atoms with Gasteiger partial charge in [-0.1, -0.05) is 18.2 Å². The first-order valence-electron chi connectivity index (χ1n) is 12.0. The first-order chi connectivity index (χ1) is 18.8. The number of rotatable bonds is 8. The molecule has 0 spiro atoms. The van der Waals surface area contributed by atoms with Crippen molar-refractivity contribution in [3.63, 3.8) is 0 Å². The van der Waals surface area contributed by atoms with Crippen molar-refractivity contribution in [3.05, 3.63) is 83.4 Å². The van der Waals surface area contributed by atoms with Crippen LogP contribution in [0.3, 0.4) is 0 Å². The molecule has 206 valence electrons. The van der Waals surface area contributed by atoms with Crippen LogP contribution in [-0.2, 0) is 22.3 Å². The van der Waals surface area contributed by atoms with Gasteiger partial charge in [-0.05, 0) is 67.9 Å². The Balaban J connectivity index is 1.60. The van der Waals surface area contributed by atoms with Gasteiger partial charge in [0.1, 0.15) is 5.54 Å². The zero-order valence-electron chi connectivity index (χ0n) is 21.3. The van der Waals surface area contributed by atoms with E-state index in [1.165, 1.54) is 24.8 Å². The van der Waals surface area contributed by atoms with E-state index < -0.39 is 34.8 Å². The van der Waals surface area contributed by atoms with E-state index in [0.29, 0.717) is 17.3 Å². The van der Waals surface area contributed by atoms with Gasteiger partial charge < -0.3 is 15.5 Å². The number of amides is 3. The first-order valence-corrected chi connectivity index (χ1v) is 13.1. The molecule has 1 aliphatic rings. The van der Waals surface area contributed by atoms with Crippen LogP contribution in [0.2, 0.25) is 0 Å². The van der Waals surface area contributed by atoms with Crippen LogP contribution in [0.5, 0.6) is 0 Å². The Morgan fingerprint density at radius 3 is 2.30 bits per heavy atom. The molecule has 0 atom stereocenters.